The van der Waals surface area contributed by atoms with E-state index in [0.717, 1.165) is 5.56 Å². The summed E-state index contributed by atoms with van der Waals surface area (Å²) in [6.45, 7) is 5.26. The van der Waals surface area contributed by atoms with E-state index in [-0.39, 0.29) is 13.1 Å². The molecule has 7 heteroatoms. The van der Waals surface area contributed by atoms with Gasteiger partial charge in [-0.1, -0.05) is 0 Å². The van der Waals surface area contributed by atoms with E-state index in [1.807, 2.05) is 0 Å². The van der Waals surface area contributed by atoms with Crippen molar-refractivity contribution in [1.82, 2.24) is 15.2 Å². The van der Waals surface area contributed by atoms with Gasteiger partial charge in [0.1, 0.15) is 6.54 Å². The van der Waals surface area contributed by atoms with Gasteiger partial charge in [-0.3, -0.25) is 4.79 Å². The van der Waals surface area contributed by atoms with Crippen molar-refractivity contribution >= 4 is 12.0 Å². The molecule has 0 aliphatic carbocycles. The fourth-order valence-electron chi connectivity index (χ4n) is 1.69. The number of rotatable bonds is 5. The SMILES string of the molecule is COc1cc(CNC(=O)N(CC(=O)O)C(C)(C)C)ccn1. The molecule has 21 heavy (non-hydrogen) atoms. The Bertz CT molecular complexity index is 511. The van der Waals surface area contributed by atoms with Gasteiger partial charge < -0.3 is 20.1 Å². The summed E-state index contributed by atoms with van der Waals surface area (Å²) in [4.78, 5) is 28.3. The molecule has 0 fully saturated rings. The minimum atomic E-state index is -1.05. The van der Waals surface area contributed by atoms with Crippen LogP contribution in [-0.4, -0.2) is 46.2 Å². The summed E-state index contributed by atoms with van der Waals surface area (Å²) in [5, 5.41) is 11.6. The van der Waals surface area contributed by atoms with Crippen molar-refractivity contribution in [2.75, 3.05) is 13.7 Å². The highest BCUT2D eigenvalue weighted by molar-refractivity contribution is 5.80. The summed E-state index contributed by atoms with van der Waals surface area (Å²) in [6, 6.07) is 3.03. The van der Waals surface area contributed by atoms with Gasteiger partial charge in [0.05, 0.1) is 7.11 Å². The smallest absolute Gasteiger partial charge is 0.323 e. The van der Waals surface area contributed by atoms with Gasteiger partial charge >= 0.3 is 12.0 Å². The van der Waals surface area contributed by atoms with Crippen LogP contribution in [0.15, 0.2) is 18.3 Å². The number of nitrogens with one attached hydrogen (secondary N) is 1. The van der Waals surface area contributed by atoms with Crippen LogP contribution in [0.3, 0.4) is 0 Å². The topological polar surface area (TPSA) is 91.8 Å². The second kappa shape index (κ2) is 6.92. The van der Waals surface area contributed by atoms with Crippen LogP contribution in [0.1, 0.15) is 26.3 Å². The molecule has 1 heterocycles. The first kappa shape index (κ1) is 16.7. The Balaban J connectivity index is 2.71. The third-order valence-electron chi connectivity index (χ3n) is 2.80. The standard InChI is InChI=1S/C14H21N3O4/c1-14(2,3)17(9-12(18)19)13(20)16-8-10-5-6-15-11(7-10)21-4/h5-7H,8-9H2,1-4H3,(H,16,20)(H,18,19). The average molecular weight is 295 g/mol. The maximum absolute atomic E-state index is 12.2. The van der Waals surface area contributed by atoms with E-state index in [4.69, 9.17) is 9.84 Å². The van der Waals surface area contributed by atoms with E-state index < -0.39 is 17.5 Å². The lowest BCUT2D eigenvalue weighted by Crippen LogP contribution is -2.52. The molecule has 0 aliphatic heterocycles. The van der Waals surface area contributed by atoms with Gasteiger partial charge in [0, 0.05) is 24.3 Å². The van der Waals surface area contributed by atoms with Crippen LogP contribution in [0, 0.1) is 0 Å². The molecule has 1 aromatic heterocycles. The number of aliphatic carboxylic acids is 1. The van der Waals surface area contributed by atoms with E-state index in [1.165, 1.54) is 12.0 Å². The van der Waals surface area contributed by atoms with Crippen molar-refractivity contribution in [1.29, 1.82) is 0 Å². The monoisotopic (exact) mass is 295 g/mol. The van der Waals surface area contributed by atoms with Crippen LogP contribution in [-0.2, 0) is 11.3 Å². The molecule has 0 aliphatic rings. The number of carboxylic acid groups (broad SMARTS) is 1. The number of hydrogen-bond donors (Lipinski definition) is 2. The number of carbonyl (C=O) groups is 2. The second-order valence-corrected chi connectivity index (χ2v) is 5.52. The molecule has 0 saturated heterocycles. The molecule has 0 atom stereocenters. The summed E-state index contributed by atoms with van der Waals surface area (Å²) in [5.41, 5.74) is 0.234. The van der Waals surface area contributed by atoms with E-state index >= 15 is 0 Å². The van der Waals surface area contributed by atoms with E-state index in [0.29, 0.717) is 5.88 Å². The number of aromatic nitrogens is 1. The van der Waals surface area contributed by atoms with Crippen molar-refractivity contribution in [3.05, 3.63) is 23.9 Å². The van der Waals surface area contributed by atoms with E-state index in [2.05, 4.69) is 10.3 Å². The van der Waals surface area contributed by atoms with Crippen molar-refractivity contribution in [3.63, 3.8) is 0 Å². The molecule has 0 radical (unpaired) electrons. The van der Waals surface area contributed by atoms with E-state index in [1.54, 1.807) is 39.1 Å². The number of carboxylic acids is 1. The zero-order valence-corrected chi connectivity index (χ0v) is 12.7. The fraction of sp³-hybridized carbons (Fsp3) is 0.500. The van der Waals surface area contributed by atoms with Crippen LogP contribution in [0.5, 0.6) is 5.88 Å². The van der Waals surface area contributed by atoms with Gasteiger partial charge in [-0.2, -0.15) is 0 Å². The second-order valence-electron chi connectivity index (χ2n) is 5.52. The predicted octanol–water partition coefficient (Wildman–Crippen LogP) is 1.48. The number of hydrogen-bond acceptors (Lipinski definition) is 4. The zero-order valence-electron chi connectivity index (χ0n) is 12.7. The van der Waals surface area contributed by atoms with E-state index in [9.17, 15) is 9.59 Å². The molecule has 0 unspecified atom stereocenters. The third kappa shape index (κ3) is 5.29. The molecule has 7 nitrogen and oxygen atoms in total. The van der Waals surface area contributed by atoms with Crippen molar-refractivity contribution in [2.24, 2.45) is 0 Å². The van der Waals surface area contributed by atoms with Crippen LogP contribution >= 0.6 is 0 Å². The first-order valence-electron chi connectivity index (χ1n) is 6.50. The summed E-state index contributed by atoms with van der Waals surface area (Å²) in [7, 11) is 1.51. The molecular formula is C14H21N3O4. The average Bonchev–Trinajstić information content (AvgIpc) is 2.41. The number of amides is 2. The molecule has 0 bridgehead atoms. The lowest BCUT2D eigenvalue weighted by atomic mass is 10.1. The fourth-order valence-corrected chi connectivity index (χ4v) is 1.69. The lowest BCUT2D eigenvalue weighted by Gasteiger charge is -2.34. The normalized spacial score (nSPS) is 10.9. The summed E-state index contributed by atoms with van der Waals surface area (Å²) >= 11 is 0. The van der Waals surface area contributed by atoms with Crippen LogP contribution in [0.4, 0.5) is 4.79 Å². The molecule has 0 spiro atoms. The maximum atomic E-state index is 12.2. The molecule has 116 valence electrons. The Morgan fingerprint density at radius 1 is 1.43 bits per heavy atom. The zero-order chi connectivity index (χ0) is 16.0. The van der Waals surface area contributed by atoms with Crippen molar-refractivity contribution < 1.29 is 19.4 Å². The van der Waals surface area contributed by atoms with Crippen molar-refractivity contribution in [2.45, 2.75) is 32.9 Å². The van der Waals surface area contributed by atoms with Gasteiger partial charge in [0.15, 0.2) is 0 Å². The highest BCUT2D eigenvalue weighted by Crippen LogP contribution is 2.14. The van der Waals surface area contributed by atoms with Gasteiger partial charge in [0.2, 0.25) is 5.88 Å². The number of ether oxygens (including phenoxy) is 1. The van der Waals surface area contributed by atoms with Gasteiger partial charge in [-0.15, -0.1) is 0 Å². The Hall–Kier alpha value is -2.31. The minimum absolute atomic E-state index is 0.268. The summed E-state index contributed by atoms with van der Waals surface area (Å²) in [5.74, 6) is -0.592. The highest BCUT2D eigenvalue weighted by Gasteiger charge is 2.28. The number of pyridine rings is 1. The van der Waals surface area contributed by atoms with Gasteiger partial charge in [-0.25, -0.2) is 9.78 Å². The largest absolute Gasteiger partial charge is 0.481 e. The molecule has 1 rings (SSSR count). The first-order chi connectivity index (χ1) is 9.74. The number of nitrogens with zero attached hydrogens (tertiary/aromatic N) is 2. The first-order valence-corrected chi connectivity index (χ1v) is 6.50. The lowest BCUT2D eigenvalue weighted by molar-refractivity contribution is -0.138. The molecule has 1 aromatic rings. The summed E-state index contributed by atoms with van der Waals surface area (Å²) in [6.07, 6.45) is 1.58. The number of carbonyl (C=O) groups excluding carboxylic acids is 1. The van der Waals surface area contributed by atoms with Crippen LogP contribution in [0.2, 0.25) is 0 Å². The Morgan fingerprint density at radius 2 is 2.10 bits per heavy atom. The van der Waals surface area contributed by atoms with Gasteiger partial charge in [-0.05, 0) is 32.4 Å². The molecular weight excluding hydrogens is 274 g/mol. The van der Waals surface area contributed by atoms with Gasteiger partial charge in [0.25, 0.3) is 0 Å². The van der Waals surface area contributed by atoms with Crippen LogP contribution < -0.4 is 10.1 Å². The maximum Gasteiger partial charge on any atom is 0.323 e. The van der Waals surface area contributed by atoms with Crippen molar-refractivity contribution in [3.8, 4) is 5.88 Å². The predicted molar refractivity (Wildman–Crippen MR) is 77.1 cm³/mol. The minimum Gasteiger partial charge on any atom is -0.481 e. The molecule has 0 saturated carbocycles. The summed E-state index contributed by atoms with van der Waals surface area (Å²) < 4.78 is 5.00. The van der Waals surface area contributed by atoms with Crippen LogP contribution in [0.25, 0.3) is 0 Å². The third-order valence-corrected chi connectivity index (χ3v) is 2.80. The Morgan fingerprint density at radius 3 is 2.62 bits per heavy atom. The molecule has 2 N–H and O–H groups in total. The number of methoxy groups -OCH3 is 1. The quantitative estimate of drug-likeness (QED) is 0.858. The molecule has 2 amide bonds. The Kier molecular flexibility index (Phi) is 5.52. The highest BCUT2D eigenvalue weighted by atomic mass is 16.5. The number of urea groups is 1. The Labute approximate surface area is 123 Å². The molecule has 0 aromatic carbocycles.